The molecule has 0 spiro atoms. The van der Waals surface area contributed by atoms with Crippen molar-refractivity contribution in [2.75, 3.05) is 11.9 Å². The number of fused-ring (bicyclic) bond motifs is 3. The lowest BCUT2D eigenvalue weighted by Crippen LogP contribution is -2.37. The largest absolute Gasteiger partial charge is 0.478 e. The van der Waals surface area contributed by atoms with Gasteiger partial charge in [-0.05, 0) is 11.5 Å². The van der Waals surface area contributed by atoms with Gasteiger partial charge in [-0.3, -0.25) is 0 Å². The van der Waals surface area contributed by atoms with E-state index in [4.69, 9.17) is 9.84 Å². The first kappa shape index (κ1) is 9.96. The Bertz CT molecular complexity index is 594. The van der Waals surface area contributed by atoms with Crippen LogP contribution in [0.15, 0.2) is 36.4 Å². The fourth-order valence-corrected chi connectivity index (χ4v) is 2.06. The number of anilines is 1. The van der Waals surface area contributed by atoms with Gasteiger partial charge in [0.25, 0.3) is 0 Å². The number of rotatable bonds is 1. The van der Waals surface area contributed by atoms with Gasteiger partial charge in [0.15, 0.2) is 0 Å². The third-order valence-corrected chi connectivity index (χ3v) is 2.90. The van der Waals surface area contributed by atoms with Gasteiger partial charge in [0, 0.05) is 5.39 Å². The van der Waals surface area contributed by atoms with Crippen molar-refractivity contribution in [1.82, 2.24) is 0 Å². The summed E-state index contributed by atoms with van der Waals surface area (Å²) in [7, 11) is 0. The van der Waals surface area contributed by atoms with E-state index < -0.39 is 12.1 Å². The summed E-state index contributed by atoms with van der Waals surface area (Å²) in [6.45, 7) is 0.288. The molecule has 2 N–H and O–H groups in total. The van der Waals surface area contributed by atoms with Crippen molar-refractivity contribution in [3.8, 4) is 5.75 Å². The molecule has 2 aromatic rings. The van der Waals surface area contributed by atoms with Gasteiger partial charge >= 0.3 is 5.97 Å². The SMILES string of the molecule is O=C(O)C1CNc2c(ccc3ccccc23)O1. The van der Waals surface area contributed by atoms with Crippen LogP contribution in [0.2, 0.25) is 0 Å². The van der Waals surface area contributed by atoms with Crippen LogP contribution in [0.25, 0.3) is 10.8 Å². The summed E-state index contributed by atoms with van der Waals surface area (Å²) in [5.41, 5.74) is 0.876. The highest BCUT2D eigenvalue weighted by atomic mass is 16.5. The Morgan fingerprint density at radius 1 is 1.29 bits per heavy atom. The number of aliphatic carboxylic acids is 1. The molecule has 0 amide bonds. The molecule has 1 heterocycles. The summed E-state index contributed by atoms with van der Waals surface area (Å²) in [5, 5.41) is 14.2. The zero-order valence-corrected chi connectivity index (χ0v) is 9.01. The van der Waals surface area contributed by atoms with Crippen LogP contribution in [0.3, 0.4) is 0 Å². The molecule has 0 radical (unpaired) electrons. The molecule has 0 saturated carbocycles. The monoisotopic (exact) mass is 229 g/mol. The number of carboxylic acids is 1. The Balaban J connectivity index is 2.11. The van der Waals surface area contributed by atoms with E-state index in [9.17, 15) is 4.79 Å². The number of carbonyl (C=O) groups is 1. The van der Waals surface area contributed by atoms with Crippen molar-refractivity contribution >= 4 is 22.4 Å². The molecule has 86 valence electrons. The van der Waals surface area contributed by atoms with Gasteiger partial charge in [0.1, 0.15) is 5.75 Å². The van der Waals surface area contributed by atoms with Crippen LogP contribution >= 0.6 is 0 Å². The highest BCUT2D eigenvalue weighted by Gasteiger charge is 2.26. The summed E-state index contributed by atoms with van der Waals surface area (Å²) >= 11 is 0. The predicted molar refractivity (Wildman–Crippen MR) is 64.5 cm³/mol. The van der Waals surface area contributed by atoms with E-state index in [0.717, 1.165) is 16.5 Å². The number of benzene rings is 2. The fourth-order valence-electron chi connectivity index (χ4n) is 2.06. The van der Waals surface area contributed by atoms with E-state index in [0.29, 0.717) is 5.75 Å². The van der Waals surface area contributed by atoms with Crippen molar-refractivity contribution < 1.29 is 14.6 Å². The van der Waals surface area contributed by atoms with Gasteiger partial charge in [0.2, 0.25) is 6.10 Å². The number of ether oxygens (including phenoxy) is 1. The summed E-state index contributed by atoms with van der Waals surface area (Å²) in [6.07, 6.45) is -0.816. The maximum absolute atomic E-state index is 10.9. The molecule has 3 rings (SSSR count). The van der Waals surface area contributed by atoms with Gasteiger partial charge in [-0.2, -0.15) is 0 Å². The Hall–Kier alpha value is -2.23. The van der Waals surface area contributed by atoms with Gasteiger partial charge < -0.3 is 15.2 Å². The first-order chi connectivity index (χ1) is 8.25. The first-order valence-corrected chi connectivity index (χ1v) is 5.41. The number of carboxylic acid groups (broad SMARTS) is 1. The molecule has 0 aromatic heterocycles. The molecular formula is C13H11NO3. The Labute approximate surface area is 97.8 Å². The van der Waals surface area contributed by atoms with Gasteiger partial charge in [0.05, 0.1) is 12.2 Å². The lowest BCUT2D eigenvalue weighted by molar-refractivity contribution is -0.144. The minimum atomic E-state index is -0.948. The third kappa shape index (κ3) is 1.58. The fraction of sp³-hybridized carbons (Fsp3) is 0.154. The van der Waals surface area contributed by atoms with E-state index in [1.165, 1.54) is 0 Å². The molecule has 0 saturated heterocycles. The van der Waals surface area contributed by atoms with Crippen LogP contribution in [0.1, 0.15) is 0 Å². The van der Waals surface area contributed by atoms with Gasteiger partial charge in [-0.1, -0.05) is 30.3 Å². The summed E-state index contributed by atoms with van der Waals surface area (Å²) in [5.74, 6) is -0.348. The van der Waals surface area contributed by atoms with E-state index in [1.54, 1.807) is 6.07 Å². The smallest absolute Gasteiger partial charge is 0.346 e. The van der Waals surface area contributed by atoms with Crippen molar-refractivity contribution in [3.63, 3.8) is 0 Å². The predicted octanol–water partition coefficient (Wildman–Crippen LogP) is 2.10. The van der Waals surface area contributed by atoms with Crippen molar-refractivity contribution in [2.24, 2.45) is 0 Å². The molecule has 17 heavy (non-hydrogen) atoms. The number of nitrogens with one attached hydrogen (secondary N) is 1. The number of hydrogen-bond donors (Lipinski definition) is 2. The average molecular weight is 229 g/mol. The lowest BCUT2D eigenvalue weighted by atomic mass is 10.1. The molecule has 0 aliphatic carbocycles. The minimum absolute atomic E-state index is 0.288. The second kappa shape index (κ2) is 3.66. The highest BCUT2D eigenvalue weighted by Crippen LogP contribution is 2.36. The normalized spacial score (nSPS) is 18.0. The van der Waals surface area contributed by atoms with Crippen LogP contribution in [-0.2, 0) is 4.79 Å². The maximum Gasteiger partial charge on any atom is 0.346 e. The minimum Gasteiger partial charge on any atom is -0.478 e. The zero-order valence-electron chi connectivity index (χ0n) is 9.01. The molecule has 1 aliphatic rings. The molecule has 1 unspecified atom stereocenters. The Morgan fingerprint density at radius 2 is 2.12 bits per heavy atom. The molecule has 4 nitrogen and oxygen atoms in total. The summed E-state index contributed by atoms with van der Waals surface area (Å²) in [6, 6.07) is 11.7. The van der Waals surface area contributed by atoms with Crippen LogP contribution in [0.5, 0.6) is 5.75 Å². The van der Waals surface area contributed by atoms with Crippen LogP contribution in [0.4, 0.5) is 5.69 Å². The van der Waals surface area contributed by atoms with Crippen molar-refractivity contribution in [3.05, 3.63) is 36.4 Å². The van der Waals surface area contributed by atoms with Crippen LogP contribution in [-0.4, -0.2) is 23.7 Å². The van der Waals surface area contributed by atoms with Crippen molar-refractivity contribution in [2.45, 2.75) is 6.10 Å². The lowest BCUT2D eigenvalue weighted by Gasteiger charge is -2.25. The number of hydrogen-bond acceptors (Lipinski definition) is 3. The van der Waals surface area contributed by atoms with Gasteiger partial charge in [-0.15, -0.1) is 0 Å². The Kier molecular flexibility index (Phi) is 2.14. The quantitative estimate of drug-likeness (QED) is 0.786. The average Bonchev–Trinajstić information content (AvgIpc) is 2.38. The second-order valence-corrected chi connectivity index (χ2v) is 3.99. The molecule has 1 aliphatic heterocycles. The Morgan fingerprint density at radius 3 is 2.94 bits per heavy atom. The van der Waals surface area contributed by atoms with E-state index in [2.05, 4.69) is 5.32 Å². The third-order valence-electron chi connectivity index (χ3n) is 2.90. The topological polar surface area (TPSA) is 58.6 Å². The van der Waals surface area contributed by atoms with Gasteiger partial charge in [-0.25, -0.2) is 4.79 Å². The first-order valence-electron chi connectivity index (χ1n) is 5.41. The zero-order chi connectivity index (χ0) is 11.8. The summed E-state index contributed by atoms with van der Waals surface area (Å²) < 4.78 is 5.44. The van der Waals surface area contributed by atoms with Crippen LogP contribution < -0.4 is 10.1 Å². The molecule has 0 fully saturated rings. The highest BCUT2D eigenvalue weighted by molar-refractivity contribution is 5.97. The standard InChI is InChI=1S/C13H11NO3/c15-13(16)11-7-14-12-9-4-2-1-3-8(9)5-6-10(12)17-11/h1-6,11,14H,7H2,(H,15,16). The van der Waals surface area contributed by atoms with E-state index in [-0.39, 0.29) is 6.54 Å². The molecule has 4 heteroatoms. The molecule has 1 atom stereocenters. The van der Waals surface area contributed by atoms with Crippen molar-refractivity contribution in [1.29, 1.82) is 0 Å². The van der Waals surface area contributed by atoms with E-state index >= 15 is 0 Å². The molecular weight excluding hydrogens is 218 g/mol. The molecule has 0 bridgehead atoms. The second-order valence-electron chi connectivity index (χ2n) is 3.99. The summed E-state index contributed by atoms with van der Waals surface area (Å²) in [4.78, 5) is 10.9. The maximum atomic E-state index is 10.9. The van der Waals surface area contributed by atoms with E-state index in [1.807, 2.05) is 30.3 Å². The molecule has 2 aromatic carbocycles. The van der Waals surface area contributed by atoms with Crippen LogP contribution in [0, 0.1) is 0 Å².